The Bertz CT molecular complexity index is 832. The van der Waals surface area contributed by atoms with Gasteiger partial charge in [-0.15, -0.1) is 0 Å². The first kappa shape index (κ1) is 21.4. The van der Waals surface area contributed by atoms with Gasteiger partial charge in [-0.2, -0.15) is 0 Å². The maximum atomic E-state index is 12.6. The van der Waals surface area contributed by atoms with Crippen molar-refractivity contribution in [1.29, 1.82) is 0 Å². The van der Waals surface area contributed by atoms with Gasteiger partial charge in [0.2, 0.25) is 0 Å². The molecule has 0 spiro atoms. The molecule has 3 heterocycles. The molecular formula is C24H31N3O4. The highest BCUT2D eigenvalue weighted by Crippen LogP contribution is 2.26. The minimum Gasteiger partial charge on any atom is -0.493 e. The third-order valence-electron chi connectivity index (χ3n) is 6.18. The molecule has 0 atom stereocenters. The van der Waals surface area contributed by atoms with Gasteiger partial charge in [0.15, 0.2) is 18.1 Å². The van der Waals surface area contributed by atoms with Crippen molar-refractivity contribution >= 4 is 5.91 Å². The number of carbonyl (C=O) groups is 1. The van der Waals surface area contributed by atoms with Gasteiger partial charge in [0.1, 0.15) is 11.9 Å². The Morgan fingerprint density at radius 3 is 2.32 bits per heavy atom. The molecule has 2 fully saturated rings. The molecule has 1 aromatic heterocycles. The van der Waals surface area contributed by atoms with Crippen LogP contribution in [0.2, 0.25) is 0 Å². The fraction of sp³-hybridized carbons (Fsp3) is 0.500. The summed E-state index contributed by atoms with van der Waals surface area (Å²) in [5, 5.41) is 0. The van der Waals surface area contributed by atoms with Crippen LogP contribution in [0.25, 0.3) is 0 Å². The molecule has 1 amide bonds. The first-order chi connectivity index (χ1) is 15.2. The number of ether oxygens (including phenoxy) is 3. The summed E-state index contributed by atoms with van der Waals surface area (Å²) in [6.45, 7) is 3.71. The number of rotatable bonds is 7. The van der Waals surface area contributed by atoms with Crippen molar-refractivity contribution in [3.63, 3.8) is 0 Å². The topological polar surface area (TPSA) is 64.1 Å². The highest BCUT2D eigenvalue weighted by atomic mass is 16.5. The maximum absolute atomic E-state index is 12.6. The van der Waals surface area contributed by atoms with Gasteiger partial charge in [-0.05, 0) is 49.9 Å². The average molecular weight is 426 g/mol. The molecule has 2 aliphatic rings. The lowest BCUT2D eigenvalue weighted by atomic mass is 9.99. The molecule has 0 aliphatic carbocycles. The predicted octanol–water partition coefficient (Wildman–Crippen LogP) is 3.00. The van der Waals surface area contributed by atoms with Crippen molar-refractivity contribution in [1.82, 2.24) is 14.8 Å². The van der Waals surface area contributed by atoms with Crippen molar-refractivity contribution in [2.24, 2.45) is 0 Å². The van der Waals surface area contributed by atoms with Crippen LogP contribution in [0.1, 0.15) is 25.7 Å². The van der Waals surface area contributed by atoms with E-state index in [1.807, 2.05) is 41.3 Å². The number of amides is 1. The van der Waals surface area contributed by atoms with E-state index in [4.69, 9.17) is 14.2 Å². The standard InChI is InChI=1S/C24H31N3O4/c1-29-22-4-2-3-5-23(22)30-18-24(28)27-14-8-19(9-15-27)26-16-10-21(11-17-26)31-20-6-12-25-13-7-20/h2-7,12-13,19,21H,8-11,14-18H2,1H3. The van der Waals surface area contributed by atoms with Crippen LogP contribution in [0.15, 0.2) is 48.8 Å². The monoisotopic (exact) mass is 425 g/mol. The normalized spacial score (nSPS) is 18.5. The molecule has 0 N–H and O–H groups in total. The van der Waals surface area contributed by atoms with Gasteiger partial charge in [0.05, 0.1) is 7.11 Å². The summed E-state index contributed by atoms with van der Waals surface area (Å²) in [6.07, 6.45) is 7.89. The maximum Gasteiger partial charge on any atom is 0.260 e. The zero-order valence-electron chi connectivity index (χ0n) is 18.1. The average Bonchev–Trinajstić information content (AvgIpc) is 2.84. The molecule has 0 bridgehead atoms. The quantitative estimate of drug-likeness (QED) is 0.680. The van der Waals surface area contributed by atoms with Crippen LogP contribution in [0, 0.1) is 0 Å². The Hall–Kier alpha value is -2.80. The molecule has 7 heteroatoms. The lowest BCUT2D eigenvalue weighted by molar-refractivity contribution is -0.135. The molecule has 0 saturated carbocycles. The van der Waals surface area contributed by atoms with E-state index in [1.54, 1.807) is 19.5 Å². The van der Waals surface area contributed by atoms with Gasteiger partial charge in [-0.1, -0.05) is 12.1 Å². The van der Waals surface area contributed by atoms with Gasteiger partial charge >= 0.3 is 0 Å². The lowest BCUT2D eigenvalue weighted by Crippen LogP contribution is -2.50. The van der Waals surface area contributed by atoms with Crippen LogP contribution in [-0.4, -0.2) is 72.7 Å². The number of aromatic nitrogens is 1. The van der Waals surface area contributed by atoms with Crippen LogP contribution in [0.5, 0.6) is 17.2 Å². The van der Waals surface area contributed by atoms with Crippen LogP contribution >= 0.6 is 0 Å². The third kappa shape index (κ3) is 5.67. The number of nitrogens with zero attached hydrogens (tertiary/aromatic N) is 3. The number of likely N-dealkylation sites (tertiary alicyclic amines) is 2. The van der Waals surface area contributed by atoms with E-state index in [0.29, 0.717) is 17.5 Å². The van der Waals surface area contributed by atoms with E-state index in [2.05, 4.69) is 9.88 Å². The van der Waals surface area contributed by atoms with Crippen LogP contribution in [0.4, 0.5) is 0 Å². The van der Waals surface area contributed by atoms with Crippen molar-refractivity contribution in [2.45, 2.75) is 37.8 Å². The summed E-state index contributed by atoms with van der Waals surface area (Å²) < 4.78 is 17.1. The second-order valence-corrected chi connectivity index (χ2v) is 8.09. The molecule has 2 aromatic rings. The van der Waals surface area contributed by atoms with Gasteiger partial charge < -0.3 is 19.1 Å². The highest BCUT2D eigenvalue weighted by Gasteiger charge is 2.30. The summed E-state index contributed by atoms with van der Waals surface area (Å²) in [4.78, 5) is 21.1. The number of benzene rings is 1. The van der Waals surface area contributed by atoms with E-state index in [9.17, 15) is 4.79 Å². The summed E-state index contributed by atoms with van der Waals surface area (Å²) in [7, 11) is 1.60. The Labute approximate surface area is 183 Å². The van der Waals surface area contributed by atoms with E-state index in [1.165, 1.54) is 0 Å². The first-order valence-corrected chi connectivity index (χ1v) is 11.1. The third-order valence-corrected chi connectivity index (χ3v) is 6.18. The molecule has 4 rings (SSSR count). The highest BCUT2D eigenvalue weighted by molar-refractivity contribution is 5.78. The van der Waals surface area contributed by atoms with Gasteiger partial charge in [0, 0.05) is 44.6 Å². The van der Waals surface area contributed by atoms with Gasteiger partial charge in [0.25, 0.3) is 5.91 Å². The molecule has 1 aromatic carbocycles. The summed E-state index contributed by atoms with van der Waals surface area (Å²) in [5.41, 5.74) is 0. The molecule has 0 radical (unpaired) electrons. The van der Waals surface area contributed by atoms with E-state index < -0.39 is 0 Å². The lowest BCUT2D eigenvalue weighted by Gasteiger charge is -2.41. The minimum absolute atomic E-state index is 0.0359. The molecular weight excluding hydrogens is 394 g/mol. The first-order valence-electron chi connectivity index (χ1n) is 11.1. The smallest absolute Gasteiger partial charge is 0.260 e. The predicted molar refractivity (Wildman–Crippen MR) is 118 cm³/mol. The van der Waals surface area contributed by atoms with Gasteiger partial charge in [-0.3, -0.25) is 14.7 Å². The Morgan fingerprint density at radius 1 is 0.968 bits per heavy atom. The number of carbonyl (C=O) groups excluding carboxylic acids is 1. The minimum atomic E-state index is 0.0359. The number of hydrogen-bond acceptors (Lipinski definition) is 6. The Morgan fingerprint density at radius 2 is 1.65 bits per heavy atom. The summed E-state index contributed by atoms with van der Waals surface area (Å²) >= 11 is 0. The molecule has 7 nitrogen and oxygen atoms in total. The SMILES string of the molecule is COc1ccccc1OCC(=O)N1CCC(N2CCC(Oc3ccncc3)CC2)CC1. The number of hydrogen-bond donors (Lipinski definition) is 0. The van der Waals surface area contributed by atoms with Crippen molar-refractivity contribution in [2.75, 3.05) is 39.9 Å². The summed E-state index contributed by atoms with van der Waals surface area (Å²) in [6, 6.07) is 11.8. The van der Waals surface area contributed by atoms with Crippen molar-refractivity contribution in [3.8, 4) is 17.2 Å². The van der Waals surface area contributed by atoms with Crippen LogP contribution in [0.3, 0.4) is 0 Å². The van der Waals surface area contributed by atoms with Crippen LogP contribution in [-0.2, 0) is 4.79 Å². The largest absolute Gasteiger partial charge is 0.493 e. The van der Waals surface area contributed by atoms with Crippen molar-refractivity contribution < 1.29 is 19.0 Å². The number of pyridine rings is 1. The van der Waals surface area contributed by atoms with E-state index in [0.717, 1.165) is 57.6 Å². The number of piperidine rings is 2. The van der Waals surface area contributed by atoms with Gasteiger partial charge in [-0.25, -0.2) is 0 Å². The summed E-state index contributed by atoms with van der Waals surface area (Å²) in [5.74, 6) is 2.18. The van der Waals surface area contributed by atoms with E-state index >= 15 is 0 Å². The van der Waals surface area contributed by atoms with Crippen molar-refractivity contribution in [3.05, 3.63) is 48.8 Å². The molecule has 2 aliphatic heterocycles. The number of para-hydroxylation sites is 2. The van der Waals surface area contributed by atoms with E-state index in [-0.39, 0.29) is 18.6 Å². The Kier molecular flexibility index (Phi) is 7.25. The second kappa shape index (κ2) is 10.5. The molecule has 166 valence electrons. The fourth-order valence-electron chi connectivity index (χ4n) is 4.42. The number of methoxy groups -OCH3 is 1. The zero-order chi connectivity index (χ0) is 21.5. The molecule has 2 saturated heterocycles. The molecule has 0 unspecified atom stereocenters. The molecule has 31 heavy (non-hydrogen) atoms. The fourth-order valence-corrected chi connectivity index (χ4v) is 4.42. The van der Waals surface area contributed by atoms with Crippen LogP contribution < -0.4 is 14.2 Å². The second-order valence-electron chi connectivity index (χ2n) is 8.09. The zero-order valence-corrected chi connectivity index (χ0v) is 18.1. The Balaban J connectivity index is 1.18.